The molecule has 2 aliphatic rings. The summed E-state index contributed by atoms with van der Waals surface area (Å²) < 4.78 is 5.31. The fourth-order valence-corrected chi connectivity index (χ4v) is 2.90. The van der Waals surface area contributed by atoms with Crippen molar-refractivity contribution in [2.24, 2.45) is 0 Å². The quantitative estimate of drug-likeness (QED) is 0.698. The smallest absolute Gasteiger partial charge is 0.407 e. The molecule has 2 unspecified atom stereocenters. The number of carbonyl (C=O) groups is 2. The molecule has 2 aliphatic carbocycles. The number of alkyl carbamates (subject to hydrolysis) is 1. The van der Waals surface area contributed by atoms with Crippen LogP contribution in [0.5, 0.6) is 0 Å². The minimum Gasteiger partial charge on any atom is -0.444 e. The van der Waals surface area contributed by atoms with Gasteiger partial charge in [0.15, 0.2) is 0 Å². The summed E-state index contributed by atoms with van der Waals surface area (Å²) >= 11 is 0. The zero-order chi connectivity index (χ0) is 16.9. The minimum atomic E-state index is -0.467. The number of hydrogen-bond acceptors (Lipinski definition) is 4. The van der Waals surface area contributed by atoms with Crippen LogP contribution in [-0.2, 0) is 9.53 Å². The molecule has 23 heavy (non-hydrogen) atoms. The van der Waals surface area contributed by atoms with Gasteiger partial charge in [0.2, 0.25) is 5.91 Å². The number of ether oxygens (including phenoxy) is 1. The van der Waals surface area contributed by atoms with Gasteiger partial charge in [-0.2, -0.15) is 0 Å². The van der Waals surface area contributed by atoms with Gasteiger partial charge in [-0.25, -0.2) is 4.79 Å². The standard InChI is InChI=1S/C17H31N3O3/c1-17(2,3)23-16(22)20-14-6-4-5-13(11-14)18-10-9-15(21)19-12-7-8-12/h12-14,18H,4-11H2,1-3H3,(H,19,21)(H,20,22). The summed E-state index contributed by atoms with van der Waals surface area (Å²) in [5, 5.41) is 9.40. The van der Waals surface area contributed by atoms with E-state index in [-0.39, 0.29) is 18.0 Å². The number of nitrogens with one attached hydrogen (secondary N) is 3. The Bertz CT molecular complexity index is 416. The van der Waals surface area contributed by atoms with Gasteiger partial charge in [-0.15, -0.1) is 0 Å². The van der Waals surface area contributed by atoms with Gasteiger partial charge in [-0.1, -0.05) is 0 Å². The van der Waals surface area contributed by atoms with Crippen LogP contribution in [0, 0.1) is 0 Å². The Morgan fingerprint density at radius 1 is 1.00 bits per heavy atom. The predicted molar refractivity (Wildman–Crippen MR) is 89.2 cm³/mol. The number of hydrogen-bond donors (Lipinski definition) is 3. The van der Waals surface area contributed by atoms with Gasteiger partial charge < -0.3 is 20.7 Å². The Hall–Kier alpha value is -1.30. The van der Waals surface area contributed by atoms with Crippen LogP contribution in [0.25, 0.3) is 0 Å². The lowest BCUT2D eigenvalue weighted by molar-refractivity contribution is -0.121. The zero-order valence-electron chi connectivity index (χ0n) is 14.6. The lowest BCUT2D eigenvalue weighted by atomic mass is 9.91. The van der Waals surface area contributed by atoms with Crippen molar-refractivity contribution in [2.45, 2.75) is 89.4 Å². The molecule has 0 spiro atoms. The third kappa shape index (κ3) is 7.68. The molecule has 6 heteroatoms. The molecule has 0 aromatic carbocycles. The van der Waals surface area contributed by atoms with Crippen LogP contribution in [-0.4, -0.2) is 42.3 Å². The normalized spacial score (nSPS) is 24.8. The maximum absolute atomic E-state index is 11.8. The molecule has 2 atom stereocenters. The average molecular weight is 325 g/mol. The van der Waals surface area contributed by atoms with E-state index in [1.165, 1.54) is 0 Å². The average Bonchev–Trinajstić information content (AvgIpc) is 3.20. The molecule has 2 amide bonds. The first-order valence-corrected chi connectivity index (χ1v) is 8.84. The Morgan fingerprint density at radius 2 is 1.70 bits per heavy atom. The van der Waals surface area contributed by atoms with Crippen LogP contribution >= 0.6 is 0 Å². The molecule has 0 aromatic rings. The third-order valence-corrected chi connectivity index (χ3v) is 4.12. The molecule has 6 nitrogen and oxygen atoms in total. The molecule has 0 aliphatic heterocycles. The zero-order valence-corrected chi connectivity index (χ0v) is 14.6. The number of amides is 2. The Labute approximate surface area is 139 Å². The van der Waals surface area contributed by atoms with Crippen molar-refractivity contribution >= 4 is 12.0 Å². The van der Waals surface area contributed by atoms with Crippen LogP contribution in [0.2, 0.25) is 0 Å². The maximum atomic E-state index is 11.8. The van der Waals surface area contributed by atoms with Crippen molar-refractivity contribution in [2.75, 3.05) is 6.54 Å². The molecule has 0 saturated heterocycles. The van der Waals surface area contributed by atoms with Gasteiger partial charge in [0.25, 0.3) is 0 Å². The van der Waals surface area contributed by atoms with E-state index in [1.807, 2.05) is 20.8 Å². The van der Waals surface area contributed by atoms with Crippen LogP contribution in [0.4, 0.5) is 4.79 Å². The van der Waals surface area contributed by atoms with Gasteiger partial charge in [-0.3, -0.25) is 4.79 Å². The summed E-state index contributed by atoms with van der Waals surface area (Å²) in [6.07, 6.45) is 6.48. The fourth-order valence-electron chi connectivity index (χ4n) is 2.90. The summed E-state index contributed by atoms with van der Waals surface area (Å²) in [7, 11) is 0. The number of rotatable bonds is 6. The van der Waals surface area contributed by atoms with E-state index in [9.17, 15) is 9.59 Å². The molecule has 2 rings (SSSR count). The first-order valence-electron chi connectivity index (χ1n) is 8.84. The topological polar surface area (TPSA) is 79.5 Å². The second-order valence-electron chi connectivity index (χ2n) is 7.75. The Kier molecular flexibility index (Phi) is 6.27. The molecule has 0 bridgehead atoms. The molecule has 0 radical (unpaired) electrons. The van der Waals surface area contributed by atoms with Gasteiger partial charge in [0, 0.05) is 31.1 Å². The van der Waals surface area contributed by atoms with E-state index in [0.717, 1.165) is 38.5 Å². The van der Waals surface area contributed by atoms with Crippen molar-refractivity contribution in [3.63, 3.8) is 0 Å². The first-order chi connectivity index (χ1) is 10.8. The summed E-state index contributed by atoms with van der Waals surface area (Å²) in [4.78, 5) is 23.5. The second kappa shape index (κ2) is 7.99. The maximum Gasteiger partial charge on any atom is 0.407 e. The first kappa shape index (κ1) is 18.0. The molecule has 2 saturated carbocycles. The highest BCUT2D eigenvalue weighted by atomic mass is 16.6. The van der Waals surface area contributed by atoms with Crippen molar-refractivity contribution in [1.29, 1.82) is 0 Å². The van der Waals surface area contributed by atoms with Crippen LogP contribution in [0.1, 0.15) is 65.7 Å². The second-order valence-corrected chi connectivity index (χ2v) is 7.75. The summed E-state index contributed by atoms with van der Waals surface area (Å²) in [5.74, 6) is 0.138. The van der Waals surface area contributed by atoms with Crippen molar-refractivity contribution in [3.8, 4) is 0 Å². The summed E-state index contributed by atoms with van der Waals surface area (Å²) in [6.45, 7) is 6.29. The SMILES string of the molecule is CC(C)(C)OC(=O)NC1CCCC(NCCC(=O)NC2CC2)C1. The van der Waals surface area contributed by atoms with E-state index in [4.69, 9.17) is 4.74 Å². The van der Waals surface area contributed by atoms with E-state index in [2.05, 4.69) is 16.0 Å². The summed E-state index contributed by atoms with van der Waals surface area (Å²) in [5.41, 5.74) is -0.467. The van der Waals surface area contributed by atoms with Gasteiger partial charge in [0.1, 0.15) is 5.60 Å². The lowest BCUT2D eigenvalue weighted by Crippen LogP contribution is -2.46. The highest BCUT2D eigenvalue weighted by Gasteiger charge is 2.26. The Morgan fingerprint density at radius 3 is 2.35 bits per heavy atom. The van der Waals surface area contributed by atoms with Crippen LogP contribution in [0.15, 0.2) is 0 Å². The molecule has 0 heterocycles. The van der Waals surface area contributed by atoms with Crippen molar-refractivity contribution < 1.29 is 14.3 Å². The predicted octanol–water partition coefficient (Wildman–Crippen LogP) is 2.08. The van der Waals surface area contributed by atoms with Gasteiger partial charge in [-0.05, 0) is 59.3 Å². The molecule has 0 aromatic heterocycles. The van der Waals surface area contributed by atoms with Crippen LogP contribution < -0.4 is 16.0 Å². The molecular formula is C17H31N3O3. The lowest BCUT2D eigenvalue weighted by Gasteiger charge is -2.31. The van der Waals surface area contributed by atoms with Gasteiger partial charge in [0.05, 0.1) is 0 Å². The highest BCUT2D eigenvalue weighted by molar-refractivity contribution is 5.76. The van der Waals surface area contributed by atoms with E-state index < -0.39 is 5.60 Å². The molecule has 132 valence electrons. The van der Waals surface area contributed by atoms with E-state index >= 15 is 0 Å². The van der Waals surface area contributed by atoms with E-state index in [1.54, 1.807) is 0 Å². The fraction of sp³-hybridized carbons (Fsp3) is 0.882. The molecule has 2 fully saturated rings. The third-order valence-electron chi connectivity index (χ3n) is 4.12. The van der Waals surface area contributed by atoms with Gasteiger partial charge >= 0.3 is 6.09 Å². The van der Waals surface area contributed by atoms with E-state index in [0.29, 0.717) is 25.0 Å². The van der Waals surface area contributed by atoms with Crippen LogP contribution in [0.3, 0.4) is 0 Å². The van der Waals surface area contributed by atoms with Crippen molar-refractivity contribution in [1.82, 2.24) is 16.0 Å². The number of carbonyl (C=O) groups excluding carboxylic acids is 2. The molecular weight excluding hydrogens is 294 g/mol. The Balaban J connectivity index is 1.62. The van der Waals surface area contributed by atoms with Crippen molar-refractivity contribution in [3.05, 3.63) is 0 Å². The minimum absolute atomic E-state index is 0.138. The largest absolute Gasteiger partial charge is 0.444 e. The molecule has 3 N–H and O–H groups in total. The monoisotopic (exact) mass is 325 g/mol. The summed E-state index contributed by atoms with van der Waals surface area (Å²) in [6, 6.07) is 0.938. The highest BCUT2D eigenvalue weighted by Crippen LogP contribution is 2.20.